The number of hydrogen-bond donors (Lipinski definition) is 0. The molecule has 0 radical (unpaired) electrons. The van der Waals surface area contributed by atoms with Crippen molar-refractivity contribution in [2.75, 3.05) is 6.54 Å². The van der Waals surface area contributed by atoms with E-state index in [2.05, 4.69) is 0 Å². The number of Topliss-reactive ketones (excluding diaryl/α,β-unsaturated/α-hetero) is 1. The fourth-order valence-electron chi connectivity index (χ4n) is 1.94. The van der Waals surface area contributed by atoms with E-state index in [1.165, 1.54) is 22.7 Å². The Balaban J connectivity index is 1.76. The Kier molecular flexibility index (Phi) is 4.28. The van der Waals surface area contributed by atoms with E-state index in [1.807, 2.05) is 30.5 Å². The molecule has 0 unspecified atom stereocenters. The van der Waals surface area contributed by atoms with Crippen molar-refractivity contribution in [2.24, 2.45) is 0 Å². The van der Waals surface area contributed by atoms with Gasteiger partial charge in [-0.3, -0.25) is 19.3 Å². The summed E-state index contributed by atoms with van der Waals surface area (Å²) in [5.41, 5.74) is 0. The minimum Gasteiger partial charge on any atom is -0.291 e. The Labute approximate surface area is 139 Å². The minimum atomic E-state index is -0.398. The molecule has 112 valence electrons. The van der Waals surface area contributed by atoms with E-state index in [-0.39, 0.29) is 12.3 Å². The number of carbonyl (C=O) groups excluding carboxylic acids is 3. The van der Waals surface area contributed by atoms with Gasteiger partial charge in [-0.05, 0) is 48.3 Å². The average Bonchev–Trinajstić information content (AvgIpc) is 3.18. The van der Waals surface area contributed by atoms with E-state index in [0.717, 1.165) is 26.4 Å². The van der Waals surface area contributed by atoms with E-state index in [9.17, 15) is 14.4 Å². The first-order chi connectivity index (χ1) is 10.5. The molecule has 0 atom stereocenters. The van der Waals surface area contributed by atoms with Crippen molar-refractivity contribution >= 4 is 57.4 Å². The summed E-state index contributed by atoms with van der Waals surface area (Å²) < 4.78 is 0. The Morgan fingerprint density at radius 2 is 2.09 bits per heavy atom. The highest BCUT2D eigenvalue weighted by atomic mass is 32.2. The Bertz CT molecular complexity index is 774. The third-order valence-electron chi connectivity index (χ3n) is 3.01. The number of aryl methyl sites for hydroxylation is 1. The van der Waals surface area contributed by atoms with Gasteiger partial charge in [0.15, 0.2) is 5.78 Å². The first kappa shape index (κ1) is 15.2. The van der Waals surface area contributed by atoms with Crippen LogP contribution >= 0.6 is 34.4 Å². The van der Waals surface area contributed by atoms with Gasteiger partial charge in [0.05, 0.1) is 16.3 Å². The third kappa shape index (κ3) is 3.06. The van der Waals surface area contributed by atoms with Gasteiger partial charge in [0.2, 0.25) is 0 Å². The molecule has 2 amide bonds. The second-order valence-corrected chi connectivity index (χ2v) is 7.88. The highest BCUT2D eigenvalue weighted by Gasteiger charge is 2.36. The van der Waals surface area contributed by atoms with Crippen LogP contribution < -0.4 is 0 Å². The number of hydrogen-bond acceptors (Lipinski definition) is 6. The molecule has 0 spiro atoms. The van der Waals surface area contributed by atoms with Gasteiger partial charge in [-0.2, -0.15) is 0 Å². The van der Waals surface area contributed by atoms with Crippen LogP contribution in [0.25, 0.3) is 6.08 Å². The van der Waals surface area contributed by atoms with E-state index < -0.39 is 11.1 Å². The molecule has 1 fully saturated rings. The summed E-state index contributed by atoms with van der Waals surface area (Å²) >= 11 is 3.74. The molecule has 22 heavy (non-hydrogen) atoms. The summed E-state index contributed by atoms with van der Waals surface area (Å²) in [6, 6.07) is 7.33. The van der Waals surface area contributed by atoms with E-state index >= 15 is 0 Å². The van der Waals surface area contributed by atoms with Crippen LogP contribution in [0.5, 0.6) is 0 Å². The van der Waals surface area contributed by atoms with Crippen LogP contribution in [0.3, 0.4) is 0 Å². The van der Waals surface area contributed by atoms with Gasteiger partial charge < -0.3 is 0 Å². The lowest BCUT2D eigenvalue weighted by Gasteiger charge is -2.10. The van der Waals surface area contributed by atoms with E-state index in [4.69, 9.17) is 0 Å². The smallest absolute Gasteiger partial charge is 0.291 e. The van der Waals surface area contributed by atoms with Crippen LogP contribution in [-0.2, 0) is 4.79 Å². The molecule has 1 aliphatic heterocycles. The Morgan fingerprint density at radius 1 is 1.27 bits per heavy atom. The lowest BCUT2D eigenvalue weighted by Crippen LogP contribution is -2.33. The van der Waals surface area contributed by atoms with Crippen molar-refractivity contribution in [2.45, 2.75) is 6.92 Å². The normalized spacial score (nSPS) is 16.8. The molecule has 2 aromatic rings. The molecule has 1 aliphatic rings. The van der Waals surface area contributed by atoms with Gasteiger partial charge in [-0.15, -0.1) is 22.7 Å². The number of imide groups is 1. The highest BCUT2D eigenvalue weighted by Crippen LogP contribution is 2.33. The number of thioether (sulfide) groups is 1. The molecule has 7 heteroatoms. The first-order valence-corrected chi connectivity index (χ1v) is 8.94. The second-order valence-electron chi connectivity index (χ2n) is 4.62. The molecule has 3 heterocycles. The average molecular weight is 349 g/mol. The van der Waals surface area contributed by atoms with Crippen LogP contribution in [0.2, 0.25) is 0 Å². The topological polar surface area (TPSA) is 54.5 Å². The number of thiophene rings is 2. The predicted octanol–water partition coefficient (Wildman–Crippen LogP) is 4.04. The molecular formula is C15H11NO3S3. The van der Waals surface area contributed by atoms with Crippen molar-refractivity contribution in [1.82, 2.24) is 4.90 Å². The van der Waals surface area contributed by atoms with Crippen LogP contribution in [0.1, 0.15) is 19.4 Å². The van der Waals surface area contributed by atoms with Gasteiger partial charge in [-0.25, -0.2) is 0 Å². The molecule has 4 nitrogen and oxygen atoms in total. The van der Waals surface area contributed by atoms with Gasteiger partial charge in [0.25, 0.3) is 11.1 Å². The van der Waals surface area contributed by atoms with Crippen molar-refractivity contribution in [3.8, 4) is 0 Å². The van der Waals surface area contributed by atoms with Crippen LogP contribution in [0.15, 0.2) is 34.6 Å². The zero-order valence-corrected chi connectivity index (χ0v) is 14.0. The second kappa shape index (κ2) is 6.20. The largest absolute Gasteiger partial charge is 0.293 e. The van der Waals surface area contributed by atoms with E-state index in [1.54, 1.807) is 12.1 Å². The first-order valence-electron chi connectivity index (χ1n) is 6.43. The maximum absolute atomic E-state index is 12.3. The number of amides is 2. The van der Waals surface area contributed by atoms with Gasteiger partial charge >= 0.3 is 0 Å². The number of rotatable bonds is 4. The molecular weight excluding hydrogens is 338 g/mol. The van der Waals surface area contributed by atoms with Crippen molar-refractivity contribution in [3.63, 3.8) is 0 Å². The summed E-state index contributed by atoms with van der Waals surface area (Å²) in [5, 5.41) is 1.51. The van der Waals surface area contributed by atoms with E-state index in [0.29, 0.717) is 9.78 Å². The summed E-state index contributed by atoms with van der Waals surface area (Å²) in [7, 11) is 0. The van der Waals surface area contributed by atoms with Gasteiger partial charge in [0, 0.05) is 9.75 Å². The van der Waals surface area contributed by atoms with Crippen LogP contribution in [0.4, 0.5) is 4.79 Å². The number of ketones is 1. The molecule has 3 rings (SSSR count). The molecule has 0 saturated carbocycles. The Morgan fingerprint density at radius 3 is 2.73 bits per heavy atom. The third-order valence-corrected chi connectivity index (χ3v) is 5.78. The summed E-state index contributed by atoms with van der Waals surface area (Å²) in [5.74, 6) is -0.609. The number of carbonyl (C=O) groups is 3. The molecule has 0 bridgehead atoms. The SMILES string of the molecule is Cc1ccc(C(=O)CN2C(=O)S/C(=C\c3cccs3)C2=O)s1. The fraction of sp³-hybridized carbons (Fsp3) is 0.133. The maximum atomic E-state index is 12.3. The maximum Gasteiger partial charge on any atom is 0.293 e. The molecule has 0 aromatic carbocycles. The van der Waals surface area contributed by atoms with Crippen molar-refractivity contribution in [3.05, 3.63) is 49.2 Å². The molecule has 1 saturated heterocycles. The highest BCUT2D eigenvalue weighted by molar-refractivity contribution is 8.18. The zero-order chi connectivity index (χ0) is 15.7. The quantitative estimate of drug-likeness (QED) is 0.617. The fourth-order valence-corrected chi connectivity index (χ4v) is 4.30. The summed E-state index contributed by atoms with van der Waals surface area (Å²) in [4.78, 5) is 40.3. The van der Waals surface area contributed by atoms with Crippen LogP contribution in [-0.4, -0.2) is 28.4 Å². The molecule has 0 N–H and O–H groups in total. The lowest BCUT2D eigenvalue weighted by atomic mass is 10.3. The van der Waals surface area contributed by atoms with Crippen LogP contribution in [0, 0.1) is 6.92 Å². The summed E-state index contributed by atoms with van der Waals surface area (Å²) in [6.45, 7) is 1.71. The molecule has 0 aliphatic carbocycles. The van der Waals surface area contributed by atoms with Gasteiger partial charge in [-0.1, -0.05) is 6.07 Å². The zero-order valence-electron chi connectivity index (χ0n) is 11.6. The lowest BCUT2D eigenvalue weighted by molar-refractivity contribution is -0.122. The molecule has 2 aromatic heterocycles. The standard InChI is InChI=1S/C15H11NO3S3/c1-9-4-5-12(21-9)11(17)8-16-14(18)13(22-15(16)19)7-10-3-2-6-20-10/h2-7H,8H2,1H3/b13-7-. The summed E-state index contributed by atoms with van der Waals surface area (Å²) in [6.07, 6.45) is 1.69. The van der Waals surface area contributed by atoms with Crippen molar-refractivity contribution in [1.29, 1.82) is 0 Å². The minimum absolute atomic E-state index is 0.202. The monoisotopic (exact) mass is 349 g/mol. The Hall–Kier alpha value is -1.70. The van der Waals surface area contributed by atoms with Gasteiger partial charge in [0.1, 0.15) is 0 Å². The predicted molar refractivity (Wildman–Crippen MR) is 90.4 cm³/mol. The van der Waals surface area contributed by atoms with Crippen molar-refractivity contribution < 1.29 is 14.4 Å². The number of nitrogens with zero attached hydrogens (tertiary/aromatic N) is 1.